The number of carbonyl (C=O) groups is 1. The van der Waals surface area contributed by atoms with Crippen molar-refractivity contribution < 1.29 is 26.4 Å². The predicted octanol–water partition coefficient (Wildman–Crippen LogP) is 4.97. The van der Waals surface area contributed by atoms with Gasteiger partial charge in [-0.05, 0) is 24.3 Å². The maximum atomic E-state index is 14.3. The summed E-state index contributed by atoms with van der Waals surface area (Å²) in [7, 11) is -4.50. The number of halogens is 6. The standard InChI is InChI=1S/C21H17Cl3F3N3O3S/c22-21(23,24)20(31)29-10-8-28(9-11-29)15-5-3-6-16-18(15)13(19(26)27)12-30(16)34(32,33)17-7-2-1-4-14(17)25/h1-7,12,19H,8-11H2. The van der Waals surface area contributed by atoms with Crippen LogP contribution in [0.1, 0.15) is 12.0 Å². The van der Waals surface area contributed by atoms with Crippen molar-refractivity contribution in [3.63, 3.8) is 0 Å². The first-order valence-electron chi connectivity index (χ1n) is 9.96. The summed E-state index contributed by atoms with van der Waals surface area (Å²) in [5.74, 6) is -1.68. The minimum atomic E-state index is -4.50. The molecule has 4 rings (SSSR count). The van der Waals surface area contributed by atoms with Crippen LogP contribution in [0.15, 0.2) is 53.6 Å². The second-order valence-corrected chi connectivity index (χ2v) is 11.6. The number of amides is 1. The van der Waals surface area contributed by atoms with Crippen molar-refractivity contribution in [3.8, 4) is 0 Å². The van der Waals surface area contributed by atoms with Crippen molar-refractivity contribution in [2.24, 2.45) is 0 Å². The zero-order valence-corrected chi connectivity index (χ0v) is 20.4. The molecule has 2 aromatic carbocycles. The Morgan fingerprint density at radius 2 is 1.62 bits per heavy atom. The zero-order chi connectivity index (χ0) is 24.8. The highest BCUT2D eigenvalue weighted by Crippen LogP contribution is 2.39. The number of hydrogen-bond donors (Lipinski definition) is 0. The van der Waals surface area contributed by atoms with Crippen molar-refractivity contribution in [2.75, 3.05) is 31.1 Å². The van der Waals surface area contributed by atoms with Gasteiger partial charge in [-0.15, -0.1) is 0 Å². The van der Waals surface area contributed by atoms with Crippen molar-refractivity contribution in [1.82, 2.24) is 8.87 Å². The summed E-state index contributed by atoms with van der Waals surface area (Å²) in [5, 5.41) is 0.0265. The molecule has 0 unspecified atom stereocenters. The first-order chi connectivity index (χ1) is 15.9. The molecule has 1 fully saturated rings. The molecule has 0 spiro atoms. The van der Waals surface area contributed by atoms with Gasteiger partial charge in [0.1, 0.15) is 10.7 Å². The maximum absolute atomic E-state index is 14.3. The van der Waals surface area contributed by atoms with Crippen LogP contribution in [0.2, 0.25) is 0 Å². The highest BCUT2D eigenvalue weighted by molar-refractivity contribution is 7.90. The molecule has 182 valence electrons. The SMILES string of the molecule is O=C(N1CCN(c2cccc3c2c(C(F)F)cn3S(=O)(=O)c2ccccc2F)CC1)C(Cl)(Cl)Cl. The van der Waals surface area contributed by atoms with Crippen LogP contribution in [0.5, 0.6) is 0 Å². The zero-order valence-electron chi connectivity index (χ0n) is 17.3. The van der Waals surface area contributed by atoms with Crippen LogP contribution in [0.3, 0.4) is 0 Å². The summed E-state index contributed by atoms with van der Waals surface area (Å²) in [6, 6.07) is 9.22. The number of anilines is 1. The van der Waals surface area contributed by atoms with Crippen molar-refractivity contribution in [2.45, 2.75) is 15.1 Å². The normalized spacial score (nSPS) is 15.4. The topological polar surface area (TPSA) is 62.6 Å². The fourth-order valence-electron chi connectivity index (χ4n) is 3.99. The maximum Gasteiger partial charge on any atom is 0.274 e. The monoisotopic (exact) mass is 553 g/mol. The molecule has 0 N–H and O–H groups in total. The quantitative estimate of drug-likeness (QED) is 0.427. The molecule has 1 aliphatic heterocycles. The second-order valence-electron chi connectivity index (χ2n) is 7.56. The van der Waals surface area contributed by atoms with Gasteiger partial charge in [-0.1, -0.05) is 53.0 Å². The lowest BCUT2D eigenvalue weighted by atomic mass is 10.1. The van der Waals surface area contributed by atoms with E-state index in [0.717, 1.165) is 18.3 Å². The molecule has 13 heteroatoms. The third kappa shape index (κ3) is 4.44. The van der Waals surface area contributed by atoms with Gasteiger partial charge in [-0.25, -0.2) is 25.6 Å². The Labute approximate surface area is 208 Å². The van der Waals surface area contributed by atoms with Gasteiger partial charge in [0.2, 0.25) is 0 Å². The van der Waals surface area contributed by atoms with Crippen LogP contribution in [0.25, 0.3) is 10.9 Å². The van der Waals surface area contributed by atoms with E-state index in [1.54, 1.807) is 11.0 Å². The lowest BCUT2D eigenvalue weighted by Crippen LogP contribution is -2.51. The summed E-state index contributed by atoms with van der Waals surface area (Å²) < 4.78 is 67.3. The number of piperazine rings is 1. The fourth-order valence-corrected chi connectivity index (χ4v) is 5.78. The summed E-state index contributed by atoms with van der Waals surface area (Å²) in [5.41, 5.74) is -0.169. The number of carbonyl (C=O) groups excluding carboxylic acids is 1. The van der Waals surface area contributed by atoms with E-state index in [0.29, 0.717) is 9.66 Å². The molecular formula is C21H17Cl3F3N3O3S. The van der Waals surface area contributed by atoms with Gasteiger partial charge < -0.3 is 9.80 Å². The summed E-state index contributed by atoms with van der Waals surface area (Å²) in [6.07, 6.45) is -2.17. The Bertz CT molecular complexity index is 1350. The van der Waals surface area contributed by atoms with E-state index in [1.165, 1.54) is 29.2 Å². The summed E-state index contributed by atoms with van der Waals surface area (Å²) in [6.45, 7) is 0.807. The highest BCUT2D eigenvalue weighted by Gasteiger charge is 2.37. The largest absolute Gasteiger partial charge is 0.367 e. The van der Waals surface area contributed by atoms with Gasteiger partial charge in [0.15, 0.2) is 0 Å². The lowest BCUT2D eigenvalue weighted by Gasteiger charge is -2.37. The summed E-state index contributed by atoms with van der Waals surface area (Å²) in [4.78, 5) is 14.7. The van der Waals surface area contributed by atoms with Crippen molar-refractivity contribution >= 4 is 67.3 Å². The number of nitrogens with zero attached hydrogens (tertiary/aromatic N) is 3. The Hall–Kier alpha value is -2.14. The van der Waals surface area contributed by atoms with E-state index in [1.807, 2.05) is 0 Å². The van der Waals surface area contributed by atoms with Gasteiger partial charge in [-0.3, -0.25) is 4.79 Å². The molecule has 0 radical (unpaired) electrons. The molecule has 0 aliphatic carbocycles. The number of aromatic nitrogens is 1. The fraction of sp³-hybridized carbons (Fsp3) is 0.286. The molecule has 2 heterocycles. The number of benzene rings is 2. The van der Waals surface area contributed by atoms with E-state index in [-0.39, 0.29) is 37.1 Å². The Balaban J connectivity index is 1.78. The average molecular weight is 555 g/mol. The molecule has 34 heavy (non-hydrogen) atoms. The average Bonchev–Trinajstić information content (AvgIpc) is 3.19. The van der Waals surface area contributed by atoms with Crippen LogP contribution in [0, 0.1) is 5.82 Å². The number of fused-ring (bicyclic) bond motifs is 1. The van der Waals surface area contributed by atoms with Crippen LogP contribution in [-0.2, 0) is 14.8 Å². The van der Waals surface area contributed by atoms with Gasteiger partial charge in [-0.2, -0.15) is 0 Å². The van der Waals surface area contributed by atoms with Crippen molar-refractivity contribution in [1.29, 1.82) is 0 Å². The highest BCUT2D eigenvalue weighted by atomic mass is 35.6. The third-order valence-electron chi connectivity index (χ3n) is 5.56. The van der Waals surface area contributed by atoms with Gasteiger partial charge in [0, 0.05) is 49.0 Å². The molecule has 1 aliphatic rings. The molecule has 0 bridgehead atoms. The number of alkyl halides is 5. The van der Waals surface area contributed by atoms with Crippen LogP contribution in [-0.4, -0.2) is 53.2 Å². The first kappa shape index (κ1) is 25.0. The lowest BCUT2D eigenvalue weighted by molar-refractivity contribution is -0.130. The van der Waals surface area contributed by atoms with E-state index in [4.69, 9.17) is 34.8 Å². The molecule has 1 aromatic heterocycles. The Kier molecular flexibility index (Phi) is 6.71. The van der Waals surface area contributed by atoms with Crippen LogP contribution in [0.4, 0.5) is 18.9 Å². The number of rotatable bonds is 4. The van der Waals surface area contributed by atoms with Crippen LogP contribution < -0.4 is 4.90 Å². The van der Waals surface area contributed by atoms with E-state index < -0.39 is 42.4 Å². The molecule has 0 atom stereocenters. The second kappa shape index (κ2) is 9.14. The minimum absolute atomic E-state index is 0.0177. The van der Waals surface area contributed by atoms with Crippen LogP contribution >= 0.6 is 34.8 Å². The van der Waals surface area contributed by atoms with E-state index in [2.05, 4.69) is 0 Å². The third-order valence-corrected chi connectivity index (χ3v) is 7.75. The van der Waals surface area contributed by atoms with Gasteiger partial charge >= 0.3 is 0 Å². The molecule has 1 saturated heterocycles. The molecule has 3 aromatic rings. The molecular weight excluding hydrogens is 538 g/mol. The van der Waals surface area contributed by atoms with E-state index in [9.17, 15) is 26.4 Å². The van der Waals surface area contributed by atoms with Crippen molar-refractivity contribution in [3.05, 3.63) is 60.0 Å². The Morgan fingerprint density at radius 1 is 0.971 bits per heavy atom. The smallest absolute Gasteiger partial charge is 0.274 e. The minimum Gasteiger partial charge on any atom is -0.367 e. The Morgan fingerprint density at radius 3 is 2.21 bits per heavy atom. The number of hydrogen-bond acceptors (Lipinski definition) is 4. The van der Waals surface area contributed by atoms with E-state index >= 15 is 0 Å². The molecule has 1 amide bonds. The summed E-state index contributed by atoms with van der Waals surface area (Å²) >= 11 is 17.0. The molecule has 0 saturated carbocycles. The van der Waals surface area contributed by atoms with Gasteiger partial charge in [0.25, 0.3) is 26.1 Å². The molecule has 6 nitrogen and oxygen atoms in total. The first-order valence-corrected chi connectivity index (χ1v) is 12.5. The predicted molar refractivity (Wildman–Crippen MR) is 125 cm³/mol. The van der Waals surface area contributed by atoms with Gasteiger partial charge in [0.05, 0.1) is 5.52 Å².